The summed E-state index contributed by atoms with van der Waals surface area (Å²) in [6.07, 6.45) is 1.54. The molecule has 0 fully saturated rings. The smallest absolute Gasteiger partial charge is 0.299 e. The normalized spacial score (nSPS) is 11.1. The minimum Gasteiger partial charge on any atom is -0.497 e. The van der Waals surface area contributed by atoms with Gasteiger partial charge in [-0.05, 0) is 55.0 Å². The molecule has 0 saturated heterocycles. The summed E-state index contributed by atoms with van der Waals surface area (Å²) in [5.74, 6) is 0.355. The van der Waals surface area contributed by atoms with Crippen LogP contribution in [0.3, 0.4) is 0 Å². The number of aromatic nitrogens is 5. The number of benzene rings is 2. The van der Waals surface area contributed by atoms with E-state index in [-0.39, 0.29) is 17.5 Å². The number of methoxy groups -OCH3 is 1. The lowest BCUT2D eigenvalue weighted by molar-refractivity contribution is 0.0994. The van der Waals surface area contributed by atoms with Crippen molar-refractivity contribution in [1.82, 2.24) is 24.9 Å². The van der Waals surface area contributed by atoms with Gasteiger partial charge in [0.15, 0.2) is 0 Å². The second-order valence-electron chi connectivity index (χ2n) is 7.42. The molecule has 3 heterocycles. The van der Waals surface area contributed by atoms with E-state index >= 15 is 0 Å². The molecule has 0 aliphatic carbocycles. The fourth-order valence-electron chi connectivity index (χ4n) is 3.80. The first-order valence-corrected chi connectivity index (χ1v) is 10.5. The largest absolute Gasteiger partial charge is 0.497 e. The van der Waals surface area contributed by atoms with E-state index in [2.05, 4.69) is 24.9 Å². The van der Waals surface area contributed by atoms with Crippen molar-refractivity contribution in [2.45, 2.75) is 13.5 Å². The molecule has 0 spiro atoms. The Kier molecular flexibility index (Phi) is 5.35. The fourth-order valence-corrected chi connectivity index (χ4v) is 3.92. The van der Waals surface area contributed by atoms with Gasteiger partial charge in [0.1, 0.15) is 11.4 Å². The molecule has 0 amide bonds. The molecular formula is C24H18ClN5O3. The maximum atomic E-state index is 13.5. The highest BCUT2D eigenvalue weighted by molar-refractivity contribution is 6.30. The van der Waals surface area contributed by atoms with Crippen LogP contribution in [0.5, 0.6) is 5.75 Å². The average Bonchev–Trinajstić information content (AvgIpc) is 3.44. The molecule has 33 heavy (non-hydrogen) atoms. The summed E-state index contributed by atoms with van der Waals surface area (Å²) in [5, 5.41) is 13.1. The van der Waals surface area contributed by atoms with Crippen LogP contribution in [0.25, 0.3) is 22.4 Å². The predicted molar refractivity (Wildman–Crippen MR) is 123 cm³/mol. The lowest BCUT2D eigenvalue weighted by Crippen LogP contribution is -2.06. The van der Waals surface area contributed by atoms with Crippen LogP contribution in [0.4, 0.5) is 0 Å². The van der Waals surface area contributed by atoms with E-state index in [9.17, 15) is 4.79 Å². The molecule has 0 aliphatic heterocycles. The fraction of sp³-hybridized carbons (Fsp3) is 0.125. The Bertz CT molecular complexity index is 1460. The molecular weight excluding hydrogens is 442 g/mol. The standard InChI is InChI=1S/C24H18ClN5O3/c1-14-21(22(31)24-27-23(29-33-24)19-4-3-11-26-28-19)18-12-17(32-2)9-10-20(18)30(14)13-15-5-7-16(25)8-6-15/h3-12H,13H2,1-2H3. The zero-order chi connectivity index (χ0) is 22.9. The number of carbonyl (C=O) groups excluding carboxylic acids is 1. The summed E-state index contributed by atoms with van der Waals surface area (Å²) < 4.78 is 12.8. The Hall–Kier alpha value is -4.04. The monoisotopic (exact) mass is 459 g/mol. The zero-order valence-electron chi connectivity index (χ0n) is 17.8. The second-order valence-corrected chi connectivity index (χ2v) is 7.85. The number of hydrogen-bond donors (Lipinski definition) is 0. The van der Waals surface area contributed by atoms with Crippen molar-refractivity contribution < 1.29 is 14.1 Å². The summed E-state index contributed by atoms with van der Waals surface area (Å²) in [6, 6.07) is 16.7. The van der Waals surface area contributed by atoms with Crippen molar-refractivity contribution in [3.05, 3.63) is 88.5 Å². The van der Waals surface area contributed by atoms with Gasteiger partial charge in [-0.25, -0.2) is 0 Å². The van der Waals surface area contributed by atoms with Crippen LogP contribution in [-0.4, -0.2) is 37.8 Å². The number of fused-ring (bicyclic) bond motifs is 1. The highest BCUT2D eigenvalue weighted by Gasteiger charge is 2.26. The van der Waals surface area contributed by atoms with Crippen molar-refractivity contribution >= 4 is 28.3 Å². The number of ketones is 1. The van der Waals surface area contributed by atoms with Gasteiger partial charge in [-0.3, -0.25) is 4.79 Å². The van der Waals surface area contributed by atoms with Gasteiger partial charge in [0.2, 0.25) is 5.82 Å². The van der Waals surface area contributed by atoms with Crippen LogP contribution in [0.15, 0.2) is 65.3 Å². The molecule has 164 valence electrons. The summed E-state index contributed by atoms with van der Waals surface area (Å²) >= 11 is 6.04. The van der Waals surface area contributed by atoms with E-state index in [0.29, 0.717) is 28.6 Å². The molecule has 0 N–H and O–H groups in total. The third-order valence-electron chi connectivity index (χ3n) is 5.43. The van der Waals surface area contributed by atoms with E-state index < -0.39 is 0 Å². The first-order valence-electron chi connectivity index (χ1n) is 10.1. The van der Waals surface area contributed by atoms with Crippen molar-refractivity contribution in [1.29, 1.82) is 0 Å². The quantitative estimate of drug-likeness (QED) is 0.338. The van der Waals surface area contributed by atoms with Crippen LogP contribution < -0.4 is 4.74 Å². The zero-order valence-corrected chi connectivity index (χ0v) is 18.6. The van der Waals surface area contributed by atoms with Crippen molar-refractivity contribution in [3.63, 3.8) is 0 Å². The van der Waals surface area contributed by atoms with Gasteiger partial charge in [-0.2, -0.15) is 10.1 Å². The maximum absolute atomic E-state index is 13.5. The van der Waals surface area contributed by atoms with Gasteiger partial charge >= 0.3 is 0 Å². The van der Waals surface area contributed by atoms with Gasteiger partial charge in [0.05, 0.1) is 12.7 Å². The molecule has 0 bridgehead atoms. The minimum absolute atomic E-state index is 0.118. The number of hydrogen-bond acceptors (Lipinski definition) is 7. The number of rotatable bonds is 6. The van der Waals surface area contributed by atoms with Crippen molar-refractivity contribution in [3.8, 4) is 17.3 Å². The molecule has 0 atom stereocenters. The van der Waals surface area contributed by atoms with Gasteiger partial charge in [-0.1, -0.05) is 28.9 Å². The Morgan fingerprint density at radius 1 is 1.15 bits per heavy atom. The molecule has 3 aromatic heterocycles. The summed E-state index contributed by atoms with van der Waals surface area (Å²) in [4.78, 5) is 17.8. The molecule has 0 radical (unpaired) electrons. The first-order chi connectivity index (χ1) is 16.0. The van der Waals surface area contributed by atoms with Crippen LogP contribution in [0.2, 0.25) is 5.02 Å². The summed E-state index contributed by atoms with van der Waals surface area (Å²) in [6.45, 7) is 2.46. The lowest BCUT2D eigenvalue weighted by Gasteiger charge is -2.09. The lowest BCUT2D eigenvalue weighted by atomic mass is 10.1. The first kappa shape index (κ1) is 20.8. The van der Waals surface area contributed by atoms with Crippen LogP contribution >= 0.6 is 11.6 Å². The number of ether oxygens (including phenoxy) is 1. The molecule has 2 aromatic carbocycles. The molecule has 8 nitrogen and oxygen atoms in total. The maximum Gasteiger partial charge on any atom is 0.299 e. The van der Waals surface area contributed by atoms with Crippen LogP contribution in [0.1, 0.15) is 27.5 Å². The minimum atomic E-state index is -0.372. The summed E-state index contributed by atoms with van der Waals surface area (Å²) in [7, 11) is 1.59. The Morgan fingerprint density at radius 3 is 2.70 bits per heavy atom. The molecule has 0 unspecified atom stereocenters. The van der Waals surface area contributed by atoms with Gasteiger partial charge < -0.3 is 13.8 Å². The Balaban J connectivity index is 1.61. The Morgan fingerprint density at radius 2 is 1.97 bits per heavy atom. The topological polar surface area (TPSA) is 95.9 Å². The van der Waals surface area contributed by atoms with Crippen LogP contribution in [-0.2, 0) is 6.54 Å². The van der Waals surface area contributed by atoms with E-state index in [0.717, 1.165) is 22.2 Å². The second kappa shape index (κ2) is 8.48. The summed E-state index contributed by atoms with van der Waals surface area (Å²) in [5.41, 5.74) is 3.62. The van der Waals surface area contributed by atoms with Crippen molar-refractivity contribution in [2.24, 2.45) is 0 Å². The van der Waals surface area contributed by atoms with E-state index in [1.165, 1.54) is 0 Å². The molecule has 9 heteroatoms. The number of nitrogens with zero attached hydrogens (tertiary/aromatic N) is 5. The molecule has 5 aromatic rings. The van der Waals surface area contributed by atoms with Gasteiger partial charge in [0, 0.05) is 34.4 Å². The van der Waals surface area contributed by atoms with E-state index in [1.54, 1.807) is 25.4 Å². The Labute approximate surface area is 193 Å². The van der Waals surface area contributed by atoms with E-state index in [1.807, 2.05) is 49.4 Å². The third kappa shape index (κ3) is 3.85. The van der Waals surface area contributed by atoms with Gasteiger partial charge in [-0.15, -0.1) is 5.10 Å². The molecule has 0 aliphatic rings. The number of halogens is 1. The molecule has 5 rings (SSSR count). The van der Waals surface area contributed by atoms with Gasteiger partial charge in [0.25, 0.3) is 11.7 Å². The predicted octanol–water partition coefficient (Wildman–Crippen LogP) is 4.73. The third-order valence-corrected chi connectivity index (χ3v) is 5.69. The van der Waals surface area contributed by atoms with Crippen LogP contribution in [0, 0.1) is 6.92 Å². The van der Waals surface area contributed by atoms with E-state index in [4.69, 9.17) is 20.9 Å². The SMILES string of the molecule is COc1ccc2c(c1)c(C(=O)c1nc(-c3cccnn3)no1)c(C)n2Cc1ccc(Cl)cc1. The highest BCUT2D eigenvalue weighted by atomic mass is 35.5. The number of carbonyl (C=O) groups is 1. The molecule has 0 saturated carbocycles. The van der Waals surface area contributed by atoms with Crippen molar-refractivity contribution in [2.75, 3.05) is 7.11 Å². The average molecular weight is 460 g/mol. The highest BCUT2D eigenvalue weighted by Crippen LogP contribution is 2.32.